The number of aryl methyl sites for hydroxylation is 1. The highest BCUT2D eigenvalue weighted by atomic mass is 35.5. The number of rotatable bonds is 6. The molecule has 1 fully saturated rings. The zero-order valence-corrected chi connectivity index (χ0v) is 18.9. The van der Waals surface area contributed by atoms with Crippen LogP contribution in [0.5, 0.6) is 0 Å². The van der Waals surface area contributed by atoms with Crippen LogP contribution in [0.1, 0.15) is 27.9 Å². The van der Waals surface area contributed by atoms with Crippen molar-refractivity contribution in [3.05, 3.63) is 99.3 Å². The SMILES string of the molecule is O=C(O)c1ccccc1CCC1(c2ccc(Cl)c(Cl)c2)CN(c2ccc(F)cc2)C(=O)CO1. The van der Waals surface area contributed by atoms with Crippen molar-refractivity contribution < 1.29 is 23.8 Å². The predicted octanol–water partition coefficient (Wildman–Crippen LogP) is 5.72. The highest BCUT2D eigenvalue weighted by Crippen LogP contribution is 2.39. The van der Waals surface area contributed by atoms with Gasteiger partial charge >= 0.3 is 5.97 Å². The predicted molar refractivity (Wildman–Crippen MR) is 125 cm³/mol. The summed E-state index contributed by atoms with van der Waals surface area (Å²) in [4.78, 5) is 25.9. The van der Waals surface area contributed by atoms with E-state index >= 15 is 0 Å². The molecule has 0 saturated carbocycles. The first-order chi connectivity index (χ1) is 15.8. The Bertz CT molecular complexity index is 1200. The van der Waals surface area contributed by atoms with Crippen molar-refractivity contribution in [1.29, 1.82) is 0 Å². The number of morpholine rings is 1. The van der Waals surface area contributed by atoms with Crippen LogP contribution in [-0.4, -0.2) is 30.1 Å². The second-order valence-electron chi connectivity index (χ2n) is 7.83. The first kappa shape index (κ1) is 23.2. The number of ether oxygens (including phenoxy) is 1. The number of nitrogens with zero attached hydrogens (tertiary/aromatic N) is 1. The Morgan fingerprint density at radius 2 is 1.79 bits per heavy atom. The Kier molecular flexibility index (Phi) is 6.70. The number of hydrogen-bond donors (Lipinski definition) is 1. The summed E-state index contributed by atoms with van der Waals surface area (Å²) < 4.78 is 19.6. The lowest BCUT2D eigenvalue weighted by molar-refractivity contribution is -0.140. The van der Waals surface area contributed by atoms with Crippen LogP contribution in [0, 0.1) is 5.82 Å². The monoisotopic (exact) mass is 487 g/mol. The molecular formula is C25H20Cl2FNO4. The molecule has 3 aromatic rings. The van der Waals surface area contributed by atoms with Crippen LogP contribution in [0.2, 0.25) is 10.0 Å². The molecule has 8 heteroatoms. The van der Waals surface area contributed by atoms with E-state index in [1.165, 1.54) is 24.3 Å². The number of carboxylic acid groups (broad SMARTS) is 1. The molecule has 0 aromatic heterocycles. The Labute approximate surface area is 200 Å². The molecule has 3 aromatic carbocycles. The number of aromatic carboxylic acids is 1. The molecule has 4 rings (SSSR count). The van der Waals surface area contributed by atoms with E-state index in [-0.39, 0.29) is 24.6 Å². The van der Waals surface area contributed by atoms with Crippen molar-refractivity contribution >= 4 is 40.8 Å². The van der Waals surface area contributed by atoms with Crippen LogP contribution in [-0.2, 0) is 21.6 Å². The van der Waals surface area contributed by atoms with Gasteiger partial charge in [0.2, 0.25) is 0 Å². The van der Waals surface area contributed by atoms with Crippen LogP contribution in [0.15, 0.2) is 66.7 Å². The number of hydrogen-bond acceptors (Lipinski definition) is 3. The highest BCUT2D eigenvalue weighted by Gasteiger charge is 2.42. The van der Waals surface area contributed by atoms with E-state index in [1.807, 2.05) is 0 Å². The van der Waals surface area contributed by atoms with Gasteiger partial charge in [-0.25, -0.2) is 9.18 Å². The van der Waals surface area contributed by atoms with E-state index in [0.717, 1.165) is 0 Å². The van der Waals surface area contributed by atoms with Gasteiger partial charge in [-0.3, -0.25) is 4.79 Å². The second kappa shape index (κ2) is 9.51. The zero-order valence-electron chi connectivity index (χ0n) is 17.4. The first-order valence-electron chi connectivity index (χ1n) is 10.3. The summed E-state index contributed by atoms with van der Waals surface area (Å²) in [7, 11) is 0. The molecule has 0 aliphatic carbocycles. The number of anilines is 1. The quantitative estimate of drug-likeness (QED) is 0.482. The van der Waals surface area contributed by atoms with Crippen molar-refractivity contribution in [3.8, 4) is 0 Å². The number of amides is 1. The van der Waals surface area contributed by atoms with Crippen LogP contribution in [0.4, 0.5) is 10.1 Å². The summed E-state index contributed by atoms with van der Waals surface area (Å²) in [6, 6.07) is 17.6. The molecular weight excluding hydrogens is 468 g/mol. The maximum Gasteiger partial charge on any atom is 0.335 e. The van der Waals surface area contributed by atoms with Gasteiger partial charge in [-0.15, -0.1) is 0 Å². The van der Waals surface area contributed by atoms with E-state index in [4.69, 9.17) is 27.9 Å². The Balaban J connectivity index is 1.73. The van der Waals surface area contributed by atoms with Crippen LogP contribution in [0.25, 0.3) is 0 Å². The standard InChI is InChI=1S/C25H20Cl2FNO4/c26-21-10-5-17(13-22(21)27)25(12-11-16-3-1-2-4-20(16)24(31)32)15-29(23(30)14-33-25)19-8-6-18(28)7-9-19/h1-10,13H,11-12,14-15H2,(H,31,32). The largest absolute Gasteiger partial charge is 0.478 e. The van der Waals surface area contributed by atoms with Crippen molar-refractivity contribution in [1.82, 2.24) is 0 Å². The van der Waals surface area contributed by atoms with Gasteiger partial charge in [0.15, 0.2) is 0 Å². The van der Waals surface area contributed by atoms with E-state index < -0.39 is 17.4 Å². The zero-order chi connectivity index (χ0) is 23.6. The molecule has 1 saturated heterocycles. The summed E-state index contributed by atoms with van der Waals surface area (Å²) >= 11 is 12.4. The lowest BCUT2D eigenvalue weighted by Crippen LogP contribution is -2.53. The summed E-state index contributed by atoms with van der Waals surface area (Å²) in [5, 5.41) is 10.3. The van der Waals surface area contributed by atoms with Gasteiger partial charge in [0.1, 0.15) is 18.0 Å². The smallest absolute Gasteiger partial charge is 0.335 e. The fourth-order valence-corrected chi connectivity index (χ4v) is 4.35. The lowest BCUT2D eigenvalue weighted by atomic mass is 9.85. The number of halogens is 3. The lowest BCUT2D eigenvalue weighted by Gasteiger charge is -2.43. The number of carboxylic acids is 1. The minimum Gasteiger partial charge on any atom is -0.478 e. The van der Waals surface area contributed by atoms with Crippen molar-refractivity contribution in [2.75, 3.05) is 18.1 Å². The van der Waals surface area contributed by atoms with Crippen molar-refractivity contribution in [2.45, 2.75) is 18.4 Å². The fourth-order valence-electron chi connectivity index (χ4n) is 4.06. The van der Waals surface area contributed by atoms with Crippen LogP contribution >= 0.6 is 23.2 Å². The molecule has 1 amide bonds. The molecule has 1 aliphatic heterocycles. The average molecular weight is 488 g/mol. The minimum atomic E-state index is -1.01. The van der Waals surface area contributed by atoms with Gasteiger partial charge in [-0.2, -0.15) is 0 Å². The molecule has 0 spiro atoms. The fraction of sp³-hybridized carbons (Fsp3) is 0.200. The molecule has 1 aliphatic rings. The minimum absolute atomic E-state index is 0.144. The third-order valence-electron chi connectivity index (χ3n) is 5.82. The van der Waals surface area contributed by atoms with Gasteiger partial charge in [-0.05, 0) is 66.4 Å². The van der Waals surface area contributed by atoms with Gasteiger partial charge in [0.05, 0.1) is 22.2 Å². The molecule has 1 N–H and O–H groups in total. The average Bonchev–Trinajstić information content (AvgIpc) is 2.81. The molecule has 0 bridgehead atoms. The van der Waals surface area contributed by atoms with Gasteiger partial charge in [-0.1, -0.05) is 47.5 Å². The summed E-state index contributed by atoms with van der Waals surface area (Å²) in [5.74, 6) is -1.68. The molecule has 170 valence electrons. The van der Waals surface area contributed by atoms with E-state index in [2.05, 4.69) is 0 Å². The number of benzene rings is 3. The molecule has 0 radical (unpaired) electrons. The van der Waals surface area contributed by atoms with Crippen LogP contribution in [0.3, 0.4) is 0 Å². The van der Waals surface area contributed by atoms with E-state index in [0.29, 0.717) is 39.7 Å². The second-order valence-corrected chi connectivity index (χ2v) is 8.64. The van der Waals surface area contributed by atoms with E-state index in [1.54, 1.807) is 47.4 Å². The molecule has 1 atom stereocenters. The van der Waals surface area contributed by atoms with Crippen molar-refractivity contribution in [3.63, 3.8) is 0 Å². The van der Waals surface area contributed by atoms with Crippen molar-refractivity contribution in [2.24, 2.45) is 0 Å². The van der Waals surface area contributed by atoms with Gasteiger partial charge in [0, 0.05) is 5.69 Å². The third-order valence-corrected chi connectivity index (χ3v) is 6.56. The first-order valence-corrected chi connectivity index (χ1v) is 11.0. The number of carbonyl (C=O) groups excluding carboxylic acids is 1. The van der Waals surface area contributed by atoms with E-state index in [9.17, 15) is 19.1 Å². The molecule has 1 heterocycles. The molecule has 1 unspecified atom stereocenters. The Hall–Kier alpha value is -2.93. The molecule has 33 heavy (non-hydrogen) atoms. The summed E-state index contributed by atoms with van der Waals surface area (Å²) in [6.45, 7) is -0.0527. The maximum atomic E-state index is 13.5. The number of carbonyl (C=O) groups is 2. The topological polar surface area (TPSA) is 66.8 Å². The van der Waals surface area contributed by atoms with Gasteiger partial charge < -0.3 is 14.7 Å². The Morgan fingerprint density at radius 1 is 1.06 bits per heavy atom. The van der Waals surface area contributed by atoms with Crippen LogP contribution < -0.4 is 4.90 Å². The summed E-state index contributed by atoms with van der Waals surface area (Å²) in [5.41, 5.74) is 1.13. The maximum absolute atomic E-state index is 13.5. The normalized spacial score (nSPS) is 18.4. The Morgan fingerprint density at radius 3 is 2.48 bits per heavy atom. The van der Waals surface area contributed by atoms with Gasteiger partial charge in [0.25, 0.3) is 5.91 Å². The third kappa shape index (κ3) is 4.88. The summed E-state index contributed by atoms with van der Waals surface area (Å²) in [6.07, 6.45) is 0.758. The highest BCUT2D eigenvalue weighted by molar-refractivity contribution is 6.42. The molecule has 5 nitrogen and oxygen atoms in total.